The quantitative estimate of drug-likeness (QED) is 0.718. The van der Waals surface area contributed by atoms with E-state index in [1.165, 1.54) is 5.56 Å². The Morgan fingerprint density at radius 3 is 2.46 bits per heavy atom. The van der Waals surface area contributed by atoms with E-state index >= 15 is 0 Å². The molecule has 1 atom stereocenters. The molecule has 1 aromatic heterocycles. The van der Waals surface area contributed by atoms with Gasteiger partial charge in [-0.15, -0.1) is 0 Å². The third kappa shape index (κ3) is 5.49. The van der Waals surface area contributed by atoms with Crippen molar-refractivity contribution in [2.75, 3.05) is 13.1 Å². The number of carbonyl (C=O) groups is 2. The molecule has 7 heteroatoms. The van der Waals surface area contributed by atoms with Crippen LogP contribution in [0.4, 0.5) is 4.79 Å². The van der Waals surface area contributed by atoms with Crippen LogP contribution in [0, 0.1) is 5.92 Å². The summed E-state index contributed by atoms with van der Waals surface area (Å²) in [5.74, 6) is -0.539. The molecule has 0 aliphatic carbocycles. The lowest BCUT2D eigenvalue weighted by molar-refractivity contribution is -0.120. The van der Waals surface area contributed by atoms with Crippen LogP contribution in [-0.2, 0) is 11.3 Å². The lowest BCUT2D eigenvalue weighted by Crippen LogP contribution is -2.54. The first-order chi connectivity index (χ1) is 11.5. The molecule has 0 radical (unpaired) electrons. The number of pyridine rings is 1. The van der Waals surface area contributed by atoms with Gasteiger partial charge in [-0.2, -0.15) is 0 Å². The first-order valence-corrected chi connectivity index (χ1v) is 8.43. The number of nitrogens with zero attached hydrogens (tertiary/aromatic N) is 2. The average molecular weight is 333 g/mol. The highest BCUT2D eigenvalue weighted by Gasteiger charge is 2.24. The van der Waals surface area contributed by atoms with Crippen LogP contribution >= 0.6 is 0 Å². The van der Waals surface area contributed by atoms with Crippen LogP contribution in [0.3, 0.4) is 0 Å². The van der Waals surface area contributed by atoms with Crippen molar-refractivity contribution >= 4 is 11.9 Å². The largest absolute Gasteiger partial charge is 0.368 e. The monoisotopic (exact) mass is 333 g/mol. The number of piperidine rings is 1. The highest BCUT2D eigenvalue weighted by molar-refractivity contribution is 5.86. The smallest absolute Gasteiger partial charge is 0.315 e. The molecule has 1 aliphatic heterocycles. The van der Waals surface area contributed by atoms with Crippen LogP contribution in [-0.4, -0.2) is 47.0 Å². The van der Waals surface area contributed by atoms with Crippen molar-refractivity contribution < 1.29 is 9.59 Å². The highest BCUT2D eigenvalue weighted by atomic mass is 16.2. The Hall–Kier alpha value is -2.15. The number of rotatable bonds is 6. The van der Waals surface area contributed by atoms with Gasteiger partial charge in [0.25, 0.3) is 0 Å². The second-order valence-electron chi connectivity index (χ2n) is 6.65. The summed E-state index contributed by atoms with van der Waals surface area (Å²) in [6.07, 6.45) is 5.39. The Bertz CT molecular complexity index is 541. The fourth-order valence-corrected chi connectivity index (χ4v) is 2.92. The maximum Gasteiger partial charge on any atom is 0.315 e. The molecule has 1 aromatic rings. The Morgan fingerprint density at radius 1 is 1.29 bits per heavy atom. The number of carbonyl (C=O) groups excluding carboxylic acids is 2. The third-order valence-corrected chi connectivity index (χ3v) is 4.34. The van der Waals surface area contributed by atoms with E-state index in [0.29, 0.717) is 0 Å². The maximum atomic E-state index is 12.1. The number of nitrogens with two attached hydrogens (primary N) is 1. The standard InChI is InChI=1S/C17H27N5O2/c1-12(2)15(16(18)23)21-17(24)20-14-5-9-22(10-6-14)11-13-3-7-19-8-4-13/h3-4,7-8,12,14-15H,5-6,9-11H2,1-2H3,(H2,18,23)(H2,20,21,24). The van der Waals surface area contributed by atoms with Gasteiger partial charge in [-0.3, -0.25) is 14.7 Å². The van der Waals surface area contributed by atoms with Gasteiger partial charge in [0, 0.05) is 38.1 Å². The number of amides is 3. The lowest BCUT2D eigenvalue weighted by atomic mass is 10.0. The van der Waals surface area contributed by atoms with E-state index in [0.717, 1.165) is 32.5 Å². The molecule has 1 saturated heterocycles. The van der Waals surface area contributed by atoms with Gasteiger partial charge in [-0.05, 0) is 36.5 Å². The first kappa shape index (κ1) is 18.2. The normalized spacial score (nSPS) is 17.5. The topological polar surface area (TPSA) is 100 Å². The summed E-state index contributed by atoms with van der Waals surface area (Å²) in [7, 11) is 0. The molecule has 0 aromatic carbocycles. The molecular weight excluding hydrogens is 306 g/mol. The molecule has 2 rings (SSSR count). The molecule has 0 spiro atoms. The number of nitrogens with one attached hydrogen (secondary N) is 2. The minimum atomic E-state index is -0.642. The summed E-state index contributed by atoms with van der Waals surface area (Å²) >= 11 is 0. The van der Waals surface area contributed by atoms with Crippen LogP contribution in [0.25, 0.3) is 0 Å². The number of urea groups is 1. The number of primary amides is 1. The number of likely N-dealkylation sites (tertiary alicyclic amines) is 1. The summed E-state index contributed by atoms with van der Waals surface area (Å²) < 4.78 is 0. The molecule has 0 bridgehead atoms. The first-order valence-electron chi connectivity index (χ1n) is 8.43. The molecule has 132 valence electrons. The molecule has 2 heterocycles. The van der Waals surface area contributed by atoms with Gasteiger partial charge in [0.1, 0.15) is 6.04 Å². The fraction of sp³-hybridized carbons (Fsp3) is 0.588. The fourth-order valence-electron chi connectivity index (χ4n) is 2.92. The summed E-state index contributed by atoms with van der Waals surface area (Å²) in [5.41, 5.74) is 6.56. The molecule has 3 amide bonds. The van der Waals surface area contributed by atoms with Gasteiger partial charge in [0.05, 0.1) is 0 Å². The molecule has 0 saturated carbocycles. The summed E-state index contributed by atoms with van der Waals surface area (Å²) in [4.78, 5) is 29.8. The summed E-state index contributed by atoms with van der Waals surface area (Å²) in [6, 6.07) is 3.21. The van der Waals surface area contributed by atoms with E-state index in [4.69, 9.17) is 5.73 Å². The predicted molar refractivity (Wildman–Crippen MR) is 92.0 cm³/mol. The molecular formula is C17H27N5O2. The van der Waals surface area contributed by atoms with Crippen molar-refractivity contribution in [2.24, 2.45) is 11.7 Å². The third-order valence-electron chi connectivity index (χ3n) is 4.34. The molecule has 1 aliphatic rings. The van der Waals surface area contributed by atoms with E-state index < -0.39 is 11.9 Å². The Balaban J connectivity index is 1.74. The second-order valence-corrected chi connectivity index (χ2v) is 6.65. The van der Waals surface area contributed by atoms with Crippen LogP contribution < -0.4 is 16.4 Å². The van der Waals surface area contributed by atoms with Crippen molar-refractivity contribution in [3.63, 3.8) is 0 Å². The average Bonchev–Trinajstić information content (AvgIpc) is 2.55. The van der Waals surface area contributed by atoms with E-state index in [1.54, 1.807) is 12.4 Å². The number of hydrogen-bond acceptors (Lipinski definition) is 4. The molecule has 1 fully saturated rings. The predicted octanol–water partition coefficient (Wildman–Crippen LogP) is 0.855. The Kier molecular flexibility index (Phi) is 6.54. The van der Waals surface area contributed by atoms with E-state index in [2.05, 4.69) is 20.5 Å². The van der Waals surface area contributed by atoms with Crippen molar-refractivity contribution in [2.45, 2.75) is 45.3 Å². The zero-order valence-electron chi connectivity index (χ0n) is 14.4. The number of hydrogen-bond donors (Lipinski definition) is 3. The summed E-state index contributed by atoms with van der Waals surface area (Å²) in [5, 5.41) is 5.62. The van der Waals surface area contributed by atoms with Crippen LogP contribution in [0.15, 0.2) is 24.5 Å². The molecule has 24 heavy (non-hydrogen) atoms. The SMILES string of the molecule is CC(C)C(NC(=O)NC1CCN(Cc2ccncc2)CC1)C(N)=O. The molecule has 7 nitrogen and oxygen atoms in total. The van der Waals surface area contributed by atoms with Crippen molar-refractivity contribution in [1.82, 2.24) is 20.5 Å². The van der Waals surface area contributed by atoms with Gasteiger partial charge in [0.15, 0.2) is 0 Å². The van der Waals surface area contributed by atoms with Gasteiger partial charge >= 0.3 is 6.03 Å². The van der Waals surface area contributed by atoms with Crippen LogP contribution in [0.5, 0.6) is 0 Å². The highest BCUT2D eigenvalue weighted by Crippen LogP contribution is 2.13. The minimum Gasteiger partial charge on any atom is -0.368 e. The number of aromatic nitrogens is 1. The van der Waals surface area contributed by atoms with Gasteiger partial charge in [-0.1, -0.05) is 13.8 Å². The van der Waals surface area contributed by atoms with Crippen molar-refractivity contribution in [3.8, 4) is 0 Å². The van der Waals surface area contributed by atoms with Crippen molar-refractivity contribution in [3.05, 3.63) is 30.1 Å². The van der Waals surface area contributed by atoms with E-state index in [1.807, 2.05) is 26.0 Å². The Labute approximate surface area is 143 Å². The molecule has 1 unspecified atom stereocenters. The Morgan fingerprint density at radius 2 is 1.92 bits per heavy atom. The maximum absolute atomic E-state index is 12.1. The minimum absolute atomic E-state index is 0.0320. The lowest BCUT2D eigenvalue weighted by Gasteiger charge is -2.32. The van der Waals surface area contributed by atoms with Crippen LogP contribution in [0.1, 0.15) is 32.3 Å². The zero-order chi connectivity index (χ0) is 17.5. The van der Waals surface area contributed by atoms with Gasteiger partial charge < -0.3 is 16.4 Å². The van der Waals surface area contributed by atoms with Crippen molar-refractivity contribution in [1.29, 1.82) is 0 Å². The van der Waals surface area contributed by atoms with E-state index in [9.17, 15) is 9.59 Å². The summed E-state index contributed by atoms with van der Waals surface area (Å²) in [6.45, 7) is 6.46. The molecule has 4 N–H and O–H groups in total. The zero-order valence-corrected chi connectivity index (χ0v) is 14.4. The van der Waals surface area contributed by atoms with Gasteiger partial charge in [0.2, 0.25) is 5.91 Å². The van der Waals surface area contributed by atoms with E-state index in [-0.39, 0.29) is 18.0 Å². The van der Waals surface area contributed by atoms with Crippen LogP contribution in [0.2, 0.25) is 0 Å². The van der Waals surface area contributed by atoms with Gasteiger partial charge in [-0.25, -0.2) is 4.79 Å². The second kappa shape index (κ2) is 8.63.